The summed E-state index contributed by atoms with van der Waals surface area (Å²) in [6.07, 6.45) is 1.66. The Balaban J connectivity index is 2.69. The van der Waals surface area contributed by atoms with E-state index in [1.165, 1.54) is 0 Å². The molecule has 2 N–H and O–H groups in total. The first-order chi connectivity index (χ1) is 9.58. The van der Waals surface area contributed by atoms with Gasteiger partial charge in [0.1, 0.15) is 0 Å². The van der Waals surface area contributed by atoms with Gasteiger partial charge >= 0.3 is 0 Å². The second-order valence-electron chi connectivity index (χ2n) is 4.69. The van der Waals surface area contributed by atoms with Crippen LogP contribution in [0.4, 0.5) is 0 Å². The van der Waals surface area contributed by atoms with Gasteiger partial charge in [-0.15, -0.1) is 0 Å². The maximum atomic E-state index is 5.83. The van der Waals surface area contributed by atoms with Crippen molar-refractivity contribution in [3.63, 3.8) is 0 Å². The number of benzene rings is 1. The number of halogens is 1. The Hall–Kier alpha value is -0.780. The average molecular weight is 346 g/mol. The van der Waals surface area contributed by atoms with Crippen LogP contribution in [0, 0.1) is 0 Å². The number of nitrogens with two attached hydrogens (primary N) is 1. The smallest absolute Gasteiger partial charge is 0.175 e. The highest BCUT2D eigenvalue weighted by Gasteiger charge is 2.12. The fraction of sp³-hybridized carbons (Fsp3) is 0.600. The van der Waals surface area contributed by atoms with Crippen LogP contribution in [0.5, 0.6) is 11.5 Å². The van der Waals surface area contributed by atoms with E-state index in [0.29, 0.717) is 13.2 Å². The molecule has 1 unspecified atom stereocenters. The van der Waals surface area contributed by atoms with Crippen molar-refractivity contribution in [1.82, 2.24) is 0 Å². The number of ether oxygens (including phenoxy) is 3. The van der Waals surface area contributed by atoms with E-state index >= 15 is 0 Å². The van der Waals surface area contributed by atoms with Gasteiger partial charge in [0.15, 0.2) is 11.5 Å². The minimum absolute atomic E-state index is 0.115. The molecule has 0 heterocycles. The quantitative estimate of drug-likeness (QED) is 0.698. The molecule has 0 fully saturated rings. The second-order valence-corrected chi connectivity index (χ2v) is 5.54. The summed E-state index contributed by atoms with van der Waals surface area (Å²) in [5.41, 5.74) is 6.96. The van der Waals surface area contributed by atoms with Crippen LogP contribution in [-0.2, 0) is 11.2 Å². The van der Waals surface area contributed by atoms with Gasteiger partial charge in [0, 0.05) is 25.7 Å². The highest BCUT2D eigenvalue weighted by Crippen LogP contribution is 2.37. The second kappa shape index (κ2) is 9.21. The molecule has 1 rings (SSSR count). The topological polar surface area (TPSA) is 53.7 Å². The highest BCUT2D eigenvalue weighted by atomic mass is 79.9. The lowest BCUT2D eigenvalue weighted by atomic mass is 10.1. The molecule has 0 aromatic heterocycles. The SMILES string of the molecule is CCOCCCOc1c(Br)cc(CC(C)N)cc1OC. The number of hydrogen-bond acceptors (Lipinski definition) is 4. The Morgan fingerprint density at radius 1 is 1.30 bits per heavy atom. The van der Waals surface area contributed by atoms with Crippen LogP contribution < -0.4 is 15.2 Å². The van der Waals surface area contributed by atoms with Crippen LogP contribution >= 0.6 is 15.9 Å². The summed E-state index contributed by atoms with van der Waals surface area (Å²) >= 11 is 3.53. The predicted molar refractivity (Wildman–Crippen MR) is 84.7 cm³/mol. The van der Waals surface area contributed by atoms with E-state index < -0.39 is 0 Å². The molecule has 1 aromatic rings. The molecule has 1 atom stereocenters. The summed E-state index contributed by atoms with van der Waals surface area (Å²) in [4.78, 5) is 0. The summed E-state index contributed by atoms with van der Waals surface area (Å²) in [6.45, 7) is 6.01. The molecule has 0 amide bonds. The monoisotopic (exact) mass is 345 g/mol. The van der Waals surface area contributed by atoms with Crippen LogP contribution in [0.25, 0.3) is 0 Å². The van der Waals surface area contributed by atoms with Gasteiger partial charge in [-0.2, -0.15) is 0 Å². The Morgan fingerprint density at radius 2 is 2.05 bits per heavy atom. The molecule has 114 valence electrons. The van der Waals surface area contributed by atoms with Crippen molar-refractivity contribution in [2.24, 2.45) is 5.73 Å². The zero-order valence-electron chi connectivity index (χ0n) is 12.4. The largest absolute Gasteiger partial charge is 0.493 e. The lowest BCUT2D eigenvalue weighted by molar-refractivity contribution is 0.130. The molecule has 0 aliphatic rings. The molecule has 0 spiro atoms. The van der Waals surface area contributed by atoms with Gasteiger partial charge < -0.3 is 19.9 Å². The van der Waals surface area contributed by atoms with Crippen LogP contribution in [0.3, 0.4) is 0 Å². The summed E-state index contributed by atoms with van der Waals surface area (Å²) < 4.78 is 17.4. The number of methoxy groups -OCH3 is 1. The van der Waals surface area contributed by atoms with Crippen molar-refractivity contribution in [3.8, 4) is 11.5 Å². The van der Waals surface area contributed by atoms with E-state index in [-0.39, 0.29) is 6.04 Å². The number of rotatable bonds is 9. The standard InChI is InChI=1S/C15H24BrNO3/c1-4-19-6-5-7-20-15-13(16)9-12(8-11(2)17)10-14(15)18-3/h9-11H,4-8,17H2,1-3H3. The molecule has 20 heavy (non-hydrogen) atoms. The molecule has 5 heteroatoms. The van der Waals surface area contributed by atoms with Gasteiger partial charge in [-0.05, 0) is 53.9 Å². The average Bonchev–Trinajstić information content (AvgIpc) is 2.39. The van der Waals surface area contributed by atoms with Crippen molar-refractivity contribution in [3.05, 3.63) is 22.2 Å². The molecule has 1 aromatic carbocycles. The van der Waals surface area contributed by atoms with Gasteiger partial charge in [-0.1, -0.05) is 0 Å². The lowest BCUT2D eigenvalue weighted by Crippen LogP contribution is -2.17. The highest BCUT2D eigenvalue weighted by molar-refractivity contribution is 9.10. The van der Waals surface area contributed by atoms with Gasteiger partial charge in [0.25, 0.3) is 0 Å². The van der Waals surface area contributed by atoms with E-state index in [0.717, 1.165) is 41.0 Å². The van der Waals surface area contributed by atoms with E-state index in [4.69, 9.17) is 19.9 Å². The van der Waals surface area contributed by atoms with Gasteiger partial charge in [-0.25, -0.2) is 0 Å². The molecule has 0 saturated heterocycles. The van der Waals surface area contributed by atoms with Crippen LogP contribution in [0.1, 0.15) is 25.8 Å². The Labute approximate surface area is 129 Å². The minimum Gasteiger partial charge on any atom is -0.493 e. The van der Waals surface area contributed by atoms with E-state index in [1.807, 2.05) is 26.0 Å². The Morgan fingerprint density at radius 3 is 2.65 bits per heavy atom. The number of hydrogen-bond donors (Lipinski definition) is 1. The molecular weight excluding hydrogens is 322 g/mol. The maximum Gasteiger partial charge on any atom is 0.175 e. The predicted octanol–water partition coefficient (Wildman–Crippen LogP) is 3.15. The van der Waals surface area contributed by atoms with Crippen molar-refractivity contribution >= 4 is 15.9 Å². The lowest BCUT2D eigenvalue weighted by Gasteiger charge is -2.15. The van der Waals surface area contributed by atoms with Gasteiger partial charge in [0.2, 0.25) is 0 Å². The fourth-order valence-electron chi connectivity index (χ4n) is 1.88. The first-order valence-electron chi connectivity index (χ1n) is 6.91. The zero-order chi connectivity index (χ0) is 15.0. The maximum absolute atomic E-state index is 5.83. The third-order valence-electron chi connectivity index (χ3n) is 2.73. The summed E-state index contributed by atoms with van der Waals surface area (Å²) in [5.74, 6) is 1.46. The van der Waals surface area contributed by atoms with E-state index in [1.54, 1.807) is 7.11 Å². The molecule has 0 radical (unpaired) electrons. The molecule has 0 aliphatic heterocycles. The molecule has 0 saturated carbocycles. The van der Waals surface area contributed by atoms with Crippen molar-refractivity contribution < 1.29 is 14.2 Å². The van der Waals surface area contributed by atoms with Crippen molar-refractivity contribution in [2.45, 2.75) is 32.7 Å². The van der Waals surface area contributed by atoms with Crippen LogP contribution in [-0.4, -0.2) is 33.0 Å². The fourth-order valence-corrected chi connectivity index (χ4v) is 2.49. The third-order valence-corrected chi connectivity index (χ3v) is 3.32. The summed E-state index contributed by atoms with van der Waals surface area (Å²) in [6, 6.07) is 4.13. The van der Waals surface area contributed by atoms with Crippen LogP contribution in [0.15, 0.2) is 16.6 Å². The van der Waals surface area contributed by atoms with Crippen LogP contribution in [0.2, 0.25) is 0 Å². The normalized spacial score (nSPS) is 12.2. The van der Waals surface area contributed by atoms with Gasteiger partial charge in [0.05, 0.1) is 18.2 Å². The molecule has 0 aliphatic carbocycles. The first-order valence-corrected chi connectivity index (χ1v) is 7.70. The molecule has 0 bridgehead atoms. The zero-order valence-corrected chi connectivity index (χ0v) is 14.0. The van der Waals surface area contributed by atoms with Crippen molar-refractivity contribution in [1.29, 1.82) is 0 Å². The minimum atomic E-state index is 0.115. The third kappa shape index (κ3) is 5.69. The van der Waals surface area contributed by atoms with E-state index in [9.17, 15) is 0 Å². The molecule has 4 nitrogen and oxygen atoms in total. The summed E-state index contributed by atoms with van der Waals surface area (Å²) in [7, 11) is 1.64. The van der Waals surface area contributed by atoms with E-state index in [2.05, 4.69) is 15.9 Å². The first kappa shape index (κ1) is 17.3. The Kier molecular flexibility index (Phi) is 7.95. The Bertz CT molecular complexity index is 410. The van der Waals surface area contributed by atoms with Crippen molar-refractivity contribution in [2.75, 3.05) is 26.9 Å². The molecular formula is C15H24BrNO3. The van der Waals surface area contributed by atoms with Gasteiger partial charge in [-0.3, -0.25) is 0 Å². The summed E-state index contributed by atoms with van der Waals surface area (Å²) in [5, 5.41) is 0.